The van der Waals surface area contributed by atoms with Crippen LogP contribution >= 0.6 is 23.1 Å². The maximum absolute atomic E-state index is 12.5. The predicted molar refractivity (Wildman–Crippen MR) is 127 cm³/mol. The molecule has 166 valence electrons. The Morgan fingerprint density at radius 1 is 1.00 bits per heavy atom. The Hall–Kier alpha value is -2.32. The molecule has 0 aliphatic heterocycles. The average molecular weight is 461 g/mol. The fourth-order valence-corrected chi connectivity index (χ4v) is 5.40. The maximum Gasteiger partial charge on any atom is 0.341 e. The van der Waals surface area contributed by atoms with Crippen LogP contribution < -0.4 is 10.6 Å². The van der Waals surface area contributed by atoms with Gasteiger partial charge in [-0.2, -0.15) is 0 Å². The number of carbonyl (C=O) groups excluding carboxylic acids is 3. The summed E-state index contributed by atoms with van der Waals surface area (Å²) in [5, 5.41) is 6.27. The molecule has 3 rings (SSSR count). The fraction of sp³-hybridized carbons (Fsp3) is 0.435. The second kappa shape index (κ2) is 11.3. The number of hydrogen-bond donors (Lipinski definition) is 2. The van der Waals surface area contributed by atoms with Crippen molar-refractivity contribution in [2.24, 2.45) is 0 Å². The second-order valence-corrected chi connectivity index (χ2v) is 9.37. The molecule has 31 heavy (non-hydrogen) atoms. The molecule has 0 saturated carbocycles. The zero-order valence-corrected chi connectivity index (χ0v) is 19.5. The maximum atomic E-state index is 12.5. The third-order valence-corrected chi connectivity index (χ3v) is 7.16. The number of esters is 1. The van der Waals surface area contributed by atoms with E-state index in [-0.39, 0.29) is 29.3 Å². The van der Waals surface area contributed by atoms with Gasteiger partial charge in [0, 0.05) is 10.6 Å². The highest BCUT2D eigenvalue weighted by Crippen LogP contribution is 2.38. The van der Waals surface area contributed by atoms with Crippen molar-refractivity contribution in [3.8, 4) is 0 Å². The SMILES string of the molecule is CCOC(=O)c1c(NC(=O)CSCC(=O)Nc2ccc(CC)cc2)sc2c1CCCC2. The average Bonchev–Trinajstić information content (AvgIpc) is 3.12. The molecule has 1 aromatic heterocycles. The summed E-state index contributed by atoms with van der Waals surface area (Å²) >= 11 is 2.71. The molecular weight excluding hydrogens is 432 g/mol. The molecule has 0 unspecified atom stereocenters. The Balaban J connectivity index is 1.53. The molecule has 0 spiro atoms. The number of aryl methyl sites for hydroxylation is 2. The Labute approximate surface area is 191 Å². The summed E-state index contributed by atoms with van der Waals surface area (Å²) < 4.78 is 5.22. The number of rotatable bonds is 9. The minimum absolute atomic E-state index is 0.132. The van der Waals surface area contributed by atoms with E-state index in [0.29, 0.717) is 17.2 Å². The second-order valence-electron chi connectivity index (χ2n) is 7.28. The van der Waals surface area contributed by atoms with Crippen LogP contribution in [0.2, 0.25) is 0 Å². The fourth-order valence-electron chi connectivity index (χ4n) is 3.49. The van der Waals surface area contributed by atoms with Crippen LogP contribution in [0.1, 0.15) is 53.1 Å². The number of ether oxygens (including phenoxy) is 1. The lowest BCUT2D eigenvalue weighted by Crippen LogP contribution is -2.19. The smallest absolute Gasteiger partial charge is 0.341 e. The Morgan fingerprint density at radius 3 is 2.35 bits per heavy atom. The molecule has 1 heterocycles. The lowest BCUT2D eigenvalue weighted by Gasteiger charge is -2.12. The highest BCUT2D eigenvalue weighted by molar-refractivity contribution is 8.00. The third-order valence-electron chi connectivity index (χ3n) is 5.02. The van der Waals surface area contributed by atoms with Gasteiger partial charge < -0.3 is 15.4 Å². The minimum Gasteiger partial charge on any atom is -0.462 e. The lowest BCUT2D eigenvalue weighted by molar-refractivity contribution is -0.114. The monoisotopic (exact) mass is 460 g/mol. The van der Waals surface area contributed by atoms with Crippen LogP contribution in [0.5, 0.6) is 0 Å². The molecule has 0 fully saturated rings. The quantitative estimate of drug-likeness (QED) is 0.531. The number of amides is 2. The van der Waals surface area contributed by atoms with Gasteiger partial charge in [-0.3, -0.25) is 9.59 Å². The van der Waals surface area contributed by atoms with Gasteiger partial charge in [0.15, 0.2) is 0 Å². The van der Waals surface area contributed by atoms with Gasteiger partial charge >= 0.3 is 5.97 Å². The largest absolute Gasteiger partial charge is 0.462 e. The van der Waals surface area contributed by atoms with Crippen LogP contribution in [0.15, 0.2) is 24.3 Å². The van der Waals surface area contributed by atoms with E-state index in [0.717, 1.165) is 48.2 Å². The van der Waals surface area contributed by atoms with Crippen molar-refractivity contribution in [2.45, 2.75) is 46.0 Å². The zero-order chi connectivity index (χ0) is 22.2. The van der Waals surface area contributed by atoms with E-state index in [9.17, 15) is 14.4 Å². The minimum atomic E-state index is -0.377. The molecule has 1 aliphatic rings. The number of fused-ring (bicyclic) bond motifs is 1. The summed E-state index contributed by atoms with van der Waals surface area (Å²) in [6.07, 6.45) is 4.84. The number of benzene rings is 1. The molecule has 8 heteroatoms. The van der Waals surface area contributed by atoms with Crippen molar-refractivity contribution in [3.63, 3.8) is 0 Å². The molecule has 2 aromatic rings. The molecular formula is C23H28N2O4S2. The van der Waals surface area contributed by atoms with Crippen molar-refractivity contribution >= 4 is 51.6 Å². The first-order valence-corrected chi connectivity index (χ1v) is 12.6. The number of hydrogen-bond acceptors (Lipinski definition) is 6. The van der Waals surface area contributed by atoms with E-state index in [4.69, 9.17) is 4.74 Å². The number of thioether (sulfide) groups is 1. The zero-order valence-electron chi connectivity index (χ0n) is 17.9. The van der Waals surface area contributed by atoms with Crippen molar-refractivity contribution in [3.05, 3.63) is 45.8 Å². The predicted octanol–water partition coefficient (Wildman–Crippen LogP) is 4.68. The topological polar surface area (TPSA) is 84.5 Å². The Morgan fingerprint density at radius 2 is 1.68 bits per heavy atom. The van der Waals surface area contributed by atoms with E-state index in [1.165, 1.54) is 28.7 Å². The van der Waals surface area contributed by atoms with Gasteiger partial charge in [-0.05, 0) is 62.3 Å². The molecule has 0 bridgehead atoms. The molecule has 6 nitrogen and oxygen atoms in total. The van der Waals surface area contributed by atoms with E-state index >= 15 is 0 Å². The molecule has 0 saturated heterocycles. The van der Waals surface area contributed by atoms with Gasteiger partial charge in [0.25, 0.3) is 0 Å². The number of carbonyl (C=O) groups is 3. The van der Waals surface area contributed by atoms with Crippen LogP contribution in [-0.2, 0) is 33.6 Å². The number of nitrogens with one attached hydrogen (secondary N) is 2. The van der Waals surface area contributed by atoms with E-state index < -0.39 is 0 Å². The molecule has 0 radical (unpaired) electrons. The Kier molecular flexibility index (Phi) is 8.54. The summed E-state index contributed by atoms with van der Waals surface area (Å²) in [7, 11) is 0. The summed E-state index contributed by atoms with van der Waals surface area (Å²) in [4.78, 5) is 38.2. The Bertz CT molecular complexity index is 938. The van der Waals surface area contributed by atoms with Gasteiger partial charge in [-0.1, -0.05) is 19.1 Å². The molecule has 2 N–H and O–H groups in total. The first-order valence-electron chi connectivity index (χ1n) is 10.6. The summed E-state index contributed by atoms with van der Waals surface area (Å²) in [6, 6.07) is 7.73. The van der Waals surface area contributed by atoms with E-state index in [1.54, 1.807) is 6.92 Å². The van der Waals surface area contributed by atoms with Crippen LogP contribution in [0.25, 0.3) is 0 Å². The van der Waals surface area contributed by atoms with E-state index in [2.05, 4.69) is 17.6 Å². The molecule has 0 atom stereocenters. The van der Waals surface area contributed by atoms with Crippen molar-refractivity contribution < 1.29 is 19.1 Å². The third kappa shape index (κ3) is 6.33. The lowest BCUT2D eigenvalue weighted by atomic mass is 9.95. The van der Waals surface area contributed by atoms with Crippen LogP contribution in [0.3, 0.4) is 0 Å². The number of anilines is 2. The van der Waals surface area contributed by atoms with Crippen molar-refractivity contribution in [2.75, 3.05) is 28.7 Å². The van der Waals surface area contributed by atoms with Gasteiger partial charge in [0.1, 0.15) is 5.00 Å². The first-order chi connectivity index (χ1) is 15.0. The highest BCUT2D eigenvalue weighted by atomic mass is 32.2. The van der Waals surface area contributed by atoms with Crippen molar-refractivity contribution in [1.29, 1.82) is 0 Å². The first kappa shape index (κ1) is 23.3. The summed E-state index contributed by atoms with van der Waals surface area (Å²) in [6.45, 7) is 4.15. The highest BCUT2D eigenvalue weighted by Gasteiger charge is 2.27. The molecule has 1 aliphatic carbocycles. The van der Waals surface area contributed by atoms with E-state index in [1.807, 2.05) is 24.3 Å². The van der Waals surface area contributed by atoms with Crippen LogP contribution in [0.4, 0.5) is 10.7 Å². The van der Waals surface area contributed by atoms with Gasteiger partial charge in [-0.25, -0.2) is 4.79 Å². The number of thiophene rings is 1. The summed E-state index contributed by atoms with van der Waals surface area (Å²) in [5.41, 5.74) is 3.48. The van der Waals surface area contributed by atoms with Crippen LogP contribution in [0, 0.1) is 0 Å². The van der Waals surface area contributed by atoms with Gasteiger partial charge in [0.2, 0.25) is 11.8 Å². The summed E-state index contributed by atoms with van der Waals surface area (Å²) in [5.74, 6) is -0.449. The standard InChI is InChI=1S/C23H28N2O4S2/c1-3-15-9-11-16(12-10-15)24-19(26)13-30-14-20(27)25-22-21(23(28)29-4-2)17-7-5-6-8-18(17)31-22/h9-12H,3-8,13-14H2,1-2H3,(H,24,26)(H,25,27). The van der Waals surface area contributed by atoms with Gasteiger partial charge in [0.05, 0.1) is 23.7 Å². The van der Waals surface area contributed by atoms with Crippen molar-refractivity contribution in [1.82, 2.24) is 0 Å². The normalized spacial score (nSPS) is 12.7. The van der Waals surface area contributed by atoms with Crippen LogP contribution in [-0.4, -0.2) is 35.9 Å². The molecule has 1 aromatic carbocycles. The molecule has 2 amide bonds. The van der Waals surface area contributed by atoms with Gasteiger partial charge in [-0.15, -0.1) is 23.1 Å².